The summed E-state index contributed by atoms with van der Waals surface area (Å²) >= 11 is 3.45. The second-order valence-corrected chi connectivity index (χ2v) is 5.32. The van der Waals surface area contributed by atoms with Crippen molar-refractivity contribution >= 4 is 21.6 Å². The lowest BCUT2D eigenvalue weighted by molar-refractivity contribution is 0.313. The van der Waals surface area contributed by atoms with Crippen LogP contribution in [0.3, 0.4) is 0 Å². The number of ether oxygens (including phenoxy) is 1. The highest BCUT2D eigenvalue weighted by atomic mass is 79.9. The lowest BCUT2D eigenvalue weighted by atomic mass is 10.2. The number of hydrogen-bond acceptors (Lipinski definition) is 2. The van der Waals surface area contributed by atoms with E-state index >= 15 is 0 Å². The average Bonchev–Trinajstić information content (AvgIpc) is 2.42. The number of aryl methyl sites for hydroxylation is 1. The fourth-order valence-electron chi connectivity index (χ4n) is 1.82. The molecule has 2 aromatic rings. The Balaban J connectivity index is 1.69. The summed E-state index contributed by atoms with van der Waals surface area (Å²) in [5, 5.41) is 3.37. The van der Waals surface area contributed by atoms with Gasteiger partial charge in [-0.15, -0.1) is 0 Å². The lowest BCUT2D eigenvalue weighted by Crippen LogP contribution is -2.07. The monoisotopic (exact) mass is 319 g/mol. The van der Waals surface area contributed by atoms with Crippen LogP contribution in [0, 0.1) is 6.92 Å². The van der Waals surface area contributed by atoms with Gasteiger partial charge < -0.3 is 10.1 Å². The van der Waals surface area contributed by atoms with Gasteiger partial charge >= 0.3 is 0 Å². The maximum atomic E-state index is 5.77. The SMILES string of the molecule is Cc1cc(Br)ccc1OCCCNc1ccccc1. The third-order valence-electron chi connectivity index (χ3n) is 2.82. The number of halogens is 1. The topological polar surface area (TPSA) is 21.3 Å². The van der Waals surface area contributed by atoms with Crippen LogP contribution in [0.15, 0.2) is 53.0 Å². The van der Waals surface area contributed by atoms with Crippen LogP contribution in [0.4, 0.5) is 5.69 Å². The van der Waals surface area contributed by atoms with E-state index < -0.39 is 0 Å². The Hall–Kier alpha value is -1.48. The number of para-hydroxylation sites is 1. The van der Waals surface area contributed by atoms with Gasteiger partial charge in [0.05, 0.1) is 6.61 Å². The quantitative estimate of drug-likeness (QED) is 0.783. The van der Waals surface area contributed by atoms with E-state index in [1.807, 2.05) is 30.3 Å². The number of anilines is 1. The Labute approximate surface area is 122 Å². The molecule has 0 bridgehead atoms. The van der Waals surface area contributed by atoms with E-state index in [1.165, 1.54) is 0 Å². The minimum Gasteiger partial charge on any atom is -0.493 e. The minimum absolute atomic E-state index is 0.725. The molecule has 0 aromatic heterocycles. The zero-order valence-corrected chi connectivity index (χ0v) is 12.6. The maximum Gasteiger partial charge on any atom is 0.122 e. The van der Waals surface area contributed by atoms with Crippen LogP contribution in [-0.2, 0) is 0 Å². The first kappa shape index (κ1) is 13.9. The smallest absolute Gasteiger partial charge is 0.122 e. The van der Waals surface area contributed by atoms with Crippen molar-refractivity contribution in [3.63, 3.8) is 0 Å². The number of rotatable bonds is 6. The van der Waals surface area contributed by atoms with Gasteiger partial charge in [0.1, 0.15) is 5.75 Å². The zero-order valence-electron chi connectivity index (χ0n) is 11.0. The van der Waals surface area contributed by atoms with E-state index in [2.05, 4.69) is 46.4 Å². The summed E-state index contributed by atoms with van der Waals surface area (Å²) in [6, 6.07) is 16.3. The Morgan fingerprint density at radius 1 is 1.11 bits per heavy atom. The van der Waals surface area contributed by atoms with Gasteiger partial charge in [-0.3, -0.25) is 0 Å². The Morgan fingerprint density at radius 3 is 2.63 bits per heavy atom. The van der Waals surface area contributed by atoms with Gasteiger partial charge in [0.25, 0.3) is 0 Å². The first-order valence-electron chi connectivity index (χ1n) is 6.43. The molecule has 2 nitrogen and oxygen atoms in total. The van der Waals surface area contributed by atoms with Crippen molar-refractivity contribution in [3.8, 4) is 5.75 Å². The zero-order chi connectivity index (χ0) is 13.5. The molecular formula is C16H18BrNO. The molecule has 100 valence electrons. The molecular weight excluding hydrogens is 302 g/mol. The molecule has 0 atom stereocenters. The Bertz CT molecular complexity index is 513. The second kappa shape index (κ2) is 7.19. The van der Waals surface area contributed by atoms with Gasteiger partial charge in [-0.2, -0.15) is 0 Å². The van der Waals surface area contributed by atoms with Crippen LogP contribution in [0.25, 0.3) is 0 Å². The molecule has 1 N–H and O–H groups in total. The van der Waals surface area contributed by atoms with Crippen LogP contribution >= 0.6 is 15.9 Å². The molecule has 0 amide bonds. The van der Waals surface area contributed by atoms with Crippen molar-refractivity contribution in [1.29, 1.82) is 0 Å². The van der Waals surface area contributed by atoms with Crippen molar-refractivity contribution in [1.82, 2.24) is 0 Å². The van der Waals surface area contributed by atoms with Gasteiger partial charge in [-0.25, -0.2) is 0 Å². The molecule has 0 saturated heterocycles. The third-order valence-corrected chi connectivity index (χ3v) is 3.31. The van der Waals surface area contributed by atoms with Gasteiger partial charge in [0, 0.05) is 16.7 Å². The molecule has 0 unspecified atom stereocenters. The van der Waals surface area contributed by atoms with Crippen LogP contribution in [-0.4, -0.2) is 13.2 Å². The van der Waals surface area contributed by atoms with Gasteiger partial charge in [-0.05, 0) is 49.2 Å². The van der Waals surface area contributed by atoms with Gasteiger partial charge in [-0.1, -0.05) is 34.1 Å². The van der Waals surface area contributed by atoms with Gasteiger partial charge in [0.15, 0.2) is 0 Å². The molecule has 0 heterocycles. The molecule has 0 aliphatic rings. The highest BCUT2D eigenvalue weighted by Gasteiger charge is 1.99. The van der Waals surface area contributed by atoms with Crippen LogP contribution < -0.4 is 10.1 Å². The minimum atomic E-state index is 0.725. The Kier molecular flexibility index (Phi) is 5.28. The van der Waals surface area contributed by atoms with Crippen molar-refractivity contribution < 1.29 is 4.74 Å². The summed E-state index contributed by atoms with van der Waals surface area (Å²) in [6.45, 7) is 3.70. The fraction of sp³-hybridized carbons (Fsp3) is 0.250. The largest absolute Gasteiger partial charge is 0.493 e. The highest BCUT2D eigenvalue weighted by molar-refractivity contribution is 9.10. The molecule has 0 aliphatic heterocycles. The molecule has 0 saturated carbocycles. The van der Waals surface area contributed by atoms with E-state index in [0.29, 0.717) is 0 Å². The molecule has 19 heavy (non-hydrogen) atoms. The average molecular weight is 320 g/mol. The maximum absolute atomic E-state index is 5.77. The van der Waals surface area contributed by atoms with Gasteiger partial charge in [0.2, 0.25) is 0 Å². The summed E-state index contributed by atoms with van der Waals surface area (Å²) in [5.41, 5.74) is 2.31. The first-order chi connectivity index (χ1) is 9.25. The number of nitrogens with one attached hydrogen (secondary N) is 1. The Morgan fingerprint density at radius 2 is 1.89 bits per heavy atom. The molecule has 0 fully saturated rings. The lowest BCUT2D eigenvalue weighted by Gasteiger charge is -2.10. The van der Waals surface area contributed by atoms with Crippen LogP contribution in [0.2, 0.25) is 0 Å². The summed E-state index contributed by atoms with van der Waals surface area (Å²) in [4.78, 5) is 0. The molecule has 0 radical (unpaired) electrons. The second-order valence-electron chi connectivity index (χ2n) is 4.40. The normalized spacial score (nSPS) is 10.2. The van der Waals surface area contributed by atoms with E-state index in [4.69, 9.17) is 4.74 Å². The van der Waals surface area contributed by atoms with Crippen molar-refractivity contribution in [2.24, 2.45) is 0 Å². The van der Waals surface area contributed by atoms with Crippen LogP contribution in [0.5, 0.6) is 5.75 Å². The fourth-order valence-corrected chi connectivity index (χ4v) is 2.29. The van der Waals surface area contributed by atoms with Crippen molar-refractivity contribution in [2.75, 3.05) is 18.5 Å². The molecule has 0 spiro atoms. The standard InChI is InChI=1S/C16H18BrNO/c1-13-12-14(17)8-9-16(13)19-11-5-10-18-15-6-3-2-4-7-15/h2-4,6-9,12,18H,5,10-11H2,1H3. The first-order valence-corrected chi connectivity index (χ1v) is 7.23. The summed E-state index contributed by atoms with van der Waals surface area (Å²) in [7, 11) is 0. The van der Waals surface area contributed by atoms with Crippen molar-refractivity contribution in [3.05, 3.63) is 58.6 Å². The van der Waals surface area contributed by atoms with Crippen molar-refractivity contribution in [2.45, 2.75) is 13.3 Å². The summed E-state index contributed by atoms with van der Waals surface area (Å²) < 4.78 is 6.86. The molecule has 2 aromatic carbocycles. The van der Waals surface area contributed by atoms with E-state index in [1.54, 1.807) is 0 Å². The van der Waals surface area contributed by atoms with Crippen LogP contribution in [0.1, 0.15) is 12.0 Å². The van der Waals surface area contributed by atoms with E-state index in [9.17, 15) is 0 Å². The van der Waals surface area contributed by atoms with E-state index in [-0.39, 0.29) is 0 Å². The predicted molar refractivity (Wildman–Crippen MR) is 83.9 cm³/mol. The summed E-state index contributed by atoms with van der Waals surface area (Å²) in [5.74, 6) is 0.961. The summed E-state index contributed by atoms with van der Waals surface area (Å²) in [6.07, 6.45) is 0.977. The molecule has 2 rings (SSSR count). The number of hydrogen-bond donors (Lipinski definition) is 1. The molecule has 0 aliphatic carbocycles. The molecule has 3 heteroatoms. The predicted octanol–water partition coefficient (Wildman–Crippen LogP) is 4.64. The number of benzene rings is 2. The highest BCUT2D eigenvalue weighted by Crippen LogP contribution is 2.22. The third kappa shape index (κ3) is 4.60. The van der Waals surface area contributed by atoms with E-state index in [0.717, 1.165) is 41.0 Å².